The maximum absolute atomic E-state index is 14.3. The summed E-state index contributed by atoms with van der Waals surface area (Å²) in [5.41, 5.74) is 0.437. The van der Waals surface area contributed by atoms with E-state index in [1.54, 1.807) is 11.4 Å². The molecule has 0 N–H and O–H groups in total. The molecule has 4 aromatic rings. The molecule has 10 heteroatoms. The molecule has 0 bridgehead atoms. The molecule has 1 unspecified atom stereocenters. The summed E-state index contributed by atoms with van der Waals surface area (Å²) in [6.07, 6.45) is 3.92. The Balaban J connectivity index is 1.71. The smallest absolute Gasteiger partial charge is 0.332 e. The normalized spacial score (nSPS) is 16.7. The minimum atomic E-state index is -0.583. The van der Waals surface area contributed by atoms with E-state index in [1.807, 2.05) is 17.7 Å². The van der Waals surface area contributed by atoms with Crippen LogP contribution in [-0.4, -0.2) is 35.8 Å². The van der Waals surface area contributed by atoms with Gasteiger partial charge in [0.15, 0.2) is 11.2 Å². The van der Waals surface area contributed by atoms with Crippen LogP contribution in [0.3, 0.4) is 0 Å². The Morgan fingerprint density at radius 1 is 1.29 bits per heavy atom. The monoisotopic (exact) mass is 445 g/mol. The molecule has 0 aliphatic carbocycles. The highest BCUT2D eigenvalue weighted by molar-refractivity contribution is 6.31. The van der Waals surface area contributed by atoms with Crippen molar-refractivity contribution in [2.45, 2.75) is 39.0 Å². The zero-order valence-electron chi connectivity index (χ0n) is 17.1. The van der Waals surface area contributed by atoms with Crippen molar-refractivity contribution < 1.29 is 9.13 Å². The Kier molecular flexibility index (Phi) is 4.75. The number of nitrogens with zero attached hydrogens (tertiary/aromatic N) is 5. The van der Waals surface area contributed by atoms with Gasteiger partial charge in [-0.15, -0.1) is 0 Å². The second kappa shape index (κ2) is 7.35. The minimum Gasteiger partial charge on any atom is -0.376 e. The molecule has 8 nitrogen and oxygen atoms in total. The molecule has 0 radical (unpaired) electrons. The van der Waals surface area contributed by atoms with Crippen molar-refractivity contribution in [2.75, 3.05) is 6.61 Å². The molecule has 1 aromatic carbocycles. The third-order valence-electron chi connectivity index (χ3n) is 5.93. The Morgan fingerprint density at radius 3 is 2.81 bits per heavy atom. The zero-order valence-corrected chi connectivity index (χ0v) is 17.9. The molecule has 1 aliphatic rings. The molecule has 0 saturated carbocycles. The van der Waals surface area contributed by atoms with Gasteiger partial charge in [-0.1, -0.05) is 17.7 Å². The van der Waals surface area contributed by atoms with E-state index in [2.05, 4.69) is 4.98 Å². The summed E-state index contributed by atoms with van der Waals surface area (Å²) in [5.74, 6) is -0.00434. The van der Waals surface area contributed by atoms with Crippen LogP contribution in [-0.2, 0) is 24.9 Å². The van der Waals surface area contributed by atoms with E-state index in [1.165, 1.54) is 22.8 Å². The van der Waals surface area contributed by atoms with Crippen LogP contribution >= 0.6 is 11.6 Å². The van der Waals surface area contributed by atoms with Crippen molar-refractivity contribution in [3.05, 3.63) is 67.3 Å². The van der Waals surface area contributed by atoms with Crippen LogP contribution in [0.4, 0.5) is 4.39 Å². The van der Waals surface area contributed by atoms with Crippen LogP contribution in [0.1, 0.15) is 24.1 Å². The molecule has 31 heavy (non-hydrogen) atoms. The lowest BCUT2D eigenvalue weighted by Crippen LogP contribution is -2.39. The van der Waals surface area contributed by atoms with Gasteiger partial charge in [0.2, 0.25) is 5.78 Å². The molecule has 5 rings (SSSR count). The number of benzene rings is 1. The van der Waals surface area contributed by atoms with E-state index >= 15 is 0 Å². The van der Waals surface area contributed by atoms with Crippen molar-refractivity contribution in [3.8, 4) is 0 Å². The summed E-state index contributed by atoms with van der Waals surface area (Å²) < 4.78 is 26.1. The van der Waals surface area contributed by atoms with Crippen LogP contribution in [0.25, 0.3) is 16.9 Å². The van der Waals surface area contributed by atoms with Crippen LogP contribution < -0.4 is 11.2 Å². The Hall–Kier alpha value is -2.91. The van der Waals surface area contributed by atoms with E-state index < -0.39 is 17.1 Å². The second-order valence-corrected chi connectivity index (χ2v) is 8.31. The van der Waals surface area contributed by atoms with E-state index in [9.17, 15) is 14.0 Å². The lowest BCUT2D eigenvalue weighted by atomic mass is 10.2. The minimum absolute atomic E-state index is 0.0932. The van der Waals surface area contributed by atoms with Crippen molar-refractivity contribution in [1.29, 1.82) is 0 Å². The molecule has 4 heterocycles. The third-order valence-corrected chi connectivity index (χ3v) is 6.28. The first-order valence-corrected chi connectivity index (χ1v) is 10.5. The fraction of sp³-hybridized carbons (Fsp3) is 0.381. The third kappa shape index (κ3) is 3.11. The summed E-state index contributed by atoms with van der Waals surface area (Å²) in [5, 5.41) is 0.158. The molecular formula is C21H21ClFN5O3. The van der Waals surface area contributed by atoms with Gasteiger partial charge in [0.05, 0.1) is 19.2 Å². The average Bonchev–Trinajstić information content (AvgIpc) is 3.43. The van der Waals surface area contributed by atoms with E-state index in [4.69, 9.17) is 16.3 Å². The number of halogens is 2. The fourth-order valence-electron chi connectivity index (χ4n) is 4.25. The molecule has 1 saturated heterocycles. The van der Waals surface area contributed by atoms with Gasteiger partial charge in [0.1, 0.15) is 5.82 Å². The molecule has 1 fully saturated rings. The quantitative estimate of drug-likeness (QED) is 0.483. The highest BCUT2D eigenvalue weighted by Gasteiger charge is 2.23. The van der Waals surface area contributed by atoms with Gasteiger partial charge in [0.25, 0.3) is 5.56 Å². The first-order valence-electron chi connectivity index (χ1n) is 10.1. The van der Waals surface area contributed by atoms with Crippen molar-refractivity contribution in [2.24, 2.45) is 7.05 Å². The number of rotatable bonds is 4. The summed E-state index contributed by atoms with van der Waals surface area (Å²) in [4.78, 5) is 30.9. The molecule has 3 aromatic heterocycles. The predicted octanol–water partition coefficient (Wildman–Crippen LogP) is 2.48. The van der Waals surface area contributed by atoms with Crippen LogP contribution in [0.2, 0.25) is 5.02 Å². The molecule has 1 aliphatic heterocycles. The summed E-state index contributed by atoms with van der Waals surface area (Å²) >= 11 is 6.12. The molecule has 0 spiro atoms. The largest absolute Gasteiger partial charge is 0.376 e. The number of hydrogen-bond donors (Lipinski definition) is 0. The Labute approximate surface area is 181 Å². The van der Waals surface area contributed by atoms with Gasteiger partial charge >= 0.3 is 5.69 Å². The lowest BCUT2D eigenvalue weighted by Gasteiger charge is -2.11. The summed E-state index contributed by atoms with van der Waals surface area (Å²) in [7, 11) is 1.55. The van der Waals surface area contributed by atoms with Gasteiger partial charge in [-0.25, -0.2) is 9.18 Å². The van der Waals surface area contributed by atoms with Crippen LogP contribution in [0.15, 0.2) is 34.0 Å². The Bertz CT molecular complexity index is 1420. The highest BCUT2D eigenvalue weighted by atomic mass is 35.5. The van der Waals surface area contributed by atoms with Crippen molar-refractivity contribution in [1.82, 2.24) is 23.1 Å². The fourth-order valence-corrected chi connectivity index (χ4v) is 4.48. The maximum atomic E-state index is 14.3. The van der Waals surface area contributed by atoms with Gasteiger partial charge in [-0.2, -0.15) is 4.98 Å². The predicted molar refractivity (Wildman–Crippen MR) is 114 cm³/mol. The van der Waals surface area contributed by atoms with Crippen LogP contribution in [0, 0.1) is 12.7 Å². The van der Waals surface area contributed by atoms with E-state index in [0.717, 1.165) is 29.7 Å². The number of aromatic nitrogens is 5. The van der Waals surface area contributed by atoms with Gasteiger partial charge in [0, 0.05) is 36.1 Å². The van der Waals surface area contributed by atoms with E-state index in [0.29, 0.717) is 12.3 Å². The van der Waals surface area contributed by atoms with E-state index in [-0.39, 0.29) is 34.4 Å². The maximum Gasteiger partial charge on any atom is 0.332 e. The first kappa shape index (κ1) is 20.0. The SMILES string of the molecule is Cc1cn2c3c(=O)n(Cc4c(F)cccc4Cl)c(=O)n(C)c3nc2n1CC1CCCO1. The zero-order chi connectivity index (χ0) is 21.9. The molecule has 162 valence electrons. The van der Waals surface area contributed by atoms with Crippen LogP contribution in [0.5, 0.6) is 0 Å². The average molecular weight is 446 g/mol. The topological polar surface area (TPSA) is 75.5 Å². The van der Waals surface area contributed by atoms with Crippen molar-refractivity contribution in [3.63, 3.8) is 0 Å². The number of fused-ring (bicyclic) bond motifs is 3. The summed E-state index contributed by atoms with van der Waals surface area (Å²) in [6.45, 7) is 3.04. The van der Waals surface area contributed by atoms with Gasteiger partial charge in [-0.3, -0.25) is 18.3 Å². The number of imidazole rings is 2. The first-order chi connectivity index (χ1) is 14.9. The Morgan fingerprint density at radius 2 is 2.10 bits per heavy atom. The molecule has 1 atom stereocenters. The molecular weight excluding hydrogens is 425 g/mol. The standard InChI is InChI=1S/C21H21ClFN5O3/c1-12-9-27-17-18(24-20(27)26(12)10-13-5-4-8-31-13)25(2)21(30)28(19(17)29)11-14-15(22)6-3-7-16(14)23/h3,6-7,9,13H,4-5,8,10-11H2,1-2H3. The number of aryl methyl sites for hydroxylation is 2. The van der Waals surface area contributed by atoms with Gasteiger partial charge in [-0.05, 0) is 31.9 Å². The number of hydrogen-bond acceptors (Lipinski definition) is 4. The second-order valence-electron chi connectivity index (χ2n) is 7.90. The number of ether oxygens (including phenoxy) is 1. The van der Waals surface area contributed by atoms with Crippen molar-refractivity contribution >= 4 is 28.5 Å². The summed E-state index contributed by atoms with van der Waals surface area (Å²) in [6, 6.07) is 4.26. The van der Waals surface area contributed by atoms with Gasteiger partial charge < -0.3 is 9.30 Å². The molecule has 0 amide bonds. The lowest BCUT2D eigenvalue weighted by molar-refractivity contribution is 0.0974. The highest BCUT2D eigenvalue weighted by Crippen LogP contribution is 2.22.